The molecule has 2 amide bonds. The van der Waals surface area contributed by atoms with E-state index < -0.39 is 0 Å². The van der Waals surface area contributed by atoms with E-state index in [1.807, 2.05) is 6.07 Å². The van der Waals surface area contributed by atoms with Crippen molar-refractivity contribution in [3.8, 4) is 22.6 Å². The van der Waals surface area contributed by atoms with E-state index in [9.17, 15) is 9.59 Å². The van der Waals surface area contributed by atoms with Crippen LogP contribution < -0.4 is 15.4 Å². The minimum atomic E-state index is -0.301. The first-order valence-electron chi connectivity index (χ1n) is 10.9. The van der Waals surface area contributed by atoms with Gasteiger partial charge in [0.1, 0.15) is 22.9 Å². The van der Waals surface area contributed by atoms with Gasteiger partial charge in [-0.15, -0.1) is 0 Å². The number of anilines is 1. The molecule has 7 heteroatoms. The minimum absolute atomic E-state index is 0.264. The lowest BCUT2D eigenvalue weighted by Crippen LogP contribution is -2.18. The molecule has 0 unspecified atom stereocenters. The van der Waals surface area contributed by atoms with E-state index in [1.165, 1.54) is 11.8 Å². The molecular weight excluding hydrogens is 428 g/mol. The highest BCUT2D eigenvalue weighted by molar-refractivity contribution is 6.03. The molecule has 170 valence electrons. The van der Waals surface area contributed by atoms with Gasteiger partial charge in [-0.2, -0.15) is 0 Å². The summed E-state index contributed by atoms with van der Waals surface area (Å²) in [7, 11) is 1.54. The van der Waals surface area contributed by atoms with Crippen LogP contribution in [0.4, 0.5) is 5.69 Å². The van der Waals surface area contributed by atoms with Gasteiger partial charge in [-0.05, 0) is 65.6 Å². The van der Waals surface area contributed by atoms with Gasteiger partial charge in [0.2, 0.25) is 0 Å². The van der Waals surface area contributed by atoms with Gasteiger partial charge < -0.3 is 15.4 Å². The smallest absolute Gasteiger partial charge is 0.274 e. The molecule has 4 rings (SSSR count). The number of ether oxygens (including phenoxy) is 1. The fourth-order valence-corrected chi connectivity index (χ4v) is 3.33. The highest BCUT2D eigenvalue weighted by Crippen LogP contribution is 2.24. The Kier molecular flexibility index (Phi) is 6.93. The maximum absolute atomic E-state index is 12.8. The van der Waals surface area contributed by atoms with Crippen LogP contribution in [-0.4, -0.2) is 28.8 Å². The molecule has 0 saturated heterocycles. The van der Waals surface area contributed by atoms with Crippen molar-refractivity contribution in [2.75, 3.05) is 12.4 Å². The van der Waals surface area contributed by atoms with Crippen LogP contribution in [0.25, 0.3) is 11.1 Å². The second kappa shape index (κ2) is 10.4. The van der Waals surface area contributed by atoms with Crippen molar-refractivity contribution in [1.82, 2.24) is 15.3 Å². The maximum atomic E-state index is 12.8. The van der Waals surface area contributed by atoms with E-state index in [2.05, 4.69) is 51.8 Å². The first-order chi connectivity index (χ1) is 16.6. The summed E-state index contributed by atoms with van der Waals surface area (Å²) in [5, 5.41) is 5.38. The van der Waals surface area contributed by atoms with Crippen LogP contribution >= 0.6 is 0 Å². The minimum Gasteiger partial charge on any atom is -0.457 e. The zero-order valence-electron chi connectivity index (χ0n) is 18.9. The van der Waals surface area contributed by atoms with Gasteiger partial charge in [0, 0.05) is 31.2 Å². The van der Waals surface area contributed by atoms with E-state index in [-0.39, 0.29) is 17.5 Å². The average Bonchev–Trinajstić information content (AvgIpc) is 2.89. The average molecular weight is 453 g/mol. The van der Waals surface area contributed by atoms with Crippen LogP contribution in [0.5, 0.6) is 11.5 Å². The van der Waals surface area contributed by atoms with E-state index in [0.29, 0.717) is 22.9 Å². The molecule has 0 spiro atoms. The Morgan fingerprint density at radius 2 is 1.44 bits per heavy atom. The maximum Gasteiger partial charge on any atom is 0.274 e. The first-order valence-corrected chi connectivity index (χ1v) is 10.9. The number of amides is 2. The molecule has 2 aromatic carbocycles. The predicted octanol–water partition coefficient (Wildman–Crippen LogP) is 5.11. The van der Waals surface area contributed by atoms with Crippen LogP contribution in [0.3, 0.4) is 0 Å². The zero-order chi connectivity index (χ0) is 23.9. The third kappa shape index (κ3) is 5.45. The normalized spacial score (nSPS) is 10.4. The molecule has 0 radical (unpaired) electrons. The number of nitrogens with zero attached hydrogens (tertiary/aromatic N) is 2. The third-order valence-electron chi connectivity index (χ3n) is 5.23. The highest BCUT2D eigenvalue weighted by atomic mass is 16.5. The molecule has 0 saturated carbocycles. The van der Waals surface area contributed by atoms with Crippen molar-refractivity contribution in [2.24, 2.45) is 0 Å². The fourth-order valence-electron chi connectivity index (χ4n) is 3.33. The summed E-state index contributed by atoms with van der Waals surface area (Å²) in [5.41, 5.74) is 4.43. The van der Waals surface area contributed by atoms with Crippen LogP contribution in [0, 0.1) is 0 Å². The van der Waals surface area contributed by atoms with Crippen molar-refractivity contribution >= 4 is 17.5 Å². The standard InChI is InChI=1S/C27H24N4O3/c1-3-18-4-6-19(7-5-18)20-12-14-29-24(16-20)27(33)31-21-8-10-22(11-9-21)34-23-13-15-30-25(17-23)26(32)28-2/h4-17H,3H2,1-2H3,(H,28,32)(H,31,33). The number of nitrogens with one attached hydrogen (secondary N) is 2. The summed E-state index contributed by atoms with van der Waals surface area (Å²) >= 11 is 0. The molecule has 34 heavy (non-hydrogen) atoms. The highest BCUT2D eigenvalue weighted by Gasteiger charge is 2.11. The van der Waals surface area contributed by atoms with Crippen molar-refractivity contribution in [3.63, 3.8) is 0 Å². The van der Waals surface area contributed by atoms with Gasteiger partial charge in [-0.3, -0.25) is 19.6 Å². The number of aromatic nitrogens is 2. The molecule has 0 fully saturated rings. The molecule has 0 aliphatic rings. The van der Waals surface area contributed by atoms with E-state index in [1.54, 1.807) is 55.7 Å². The molecule has 2 N–H and O–H groups in total. The molecule has 4 aromatic rings. The first kappa shape index (κ1) is 22.7. The summed E-state index contributed by atoms with van der Waals surface area (Å²) in [6, 6.07) is 22.1. The summed E-state index contributed by atoms with van der Waals surface area (Å²) in [4.78, 5) is 32.7. The van der Waals surface area contributed by atoms with Crippen LogP contribution in [0.15, 0.2) is 85.2 Å². The molecule has 2 heterocycles. The number of pyridine rings is 2. The number of rotatable bonds is 7. The molecule has 2 aromatic heterocycles. The SMILES string of the molecule is CCc1ccc(-c2ccnc(C(=O)Nc3ccc(Oc4ccnc(C(=O)NC)c4)cc3)c2)cc1. The monoisotopic (exact) mass is 452 g/mol. The second-order valence-corrected chi connectivity index (χ2v) is 7.52. The second-order valence-electron chi connectivity index (χ2n) is 7.52. The number of carbonyl (C=O) groups excluding carboxylic acids is 2. The summed E-state index contributed by atoms with van der Waals surface area (Å²) in [6.07, 6.45) is 4.12. The summed E-state index contributed by atoms with van der Waals surface area (Å²) in [6.45, 7) is 2.12. The van der Waals surface area contributed by atoms with Crippen molar-refractivity contribution < 1.29 is 14.3 Å². The number of hydrogen-bond acceptors (Lipinski definition) is 5. The van der Waals surface area contributed by atoms with Gasteiger partial charge in [0.15, 0.2) is 0 Å². The van der Waals surface area contributed by atoms with Gasteiger partial charge >= 0.3 is 0 Å². The predicted molar refractivity (Wildman–Crippen MR) is 131 cm³/mol. The van der Waals surface area contributed by atoms with Crippen molar-refractivity contribution in [2.45, 2.75) is 13.3 Å². The number of aryl methyl sites for hydroxylation is 1. The van der Waals surface area contributed by atoms with Gasteiger partial charge in [0.05, 0.1) is 0 Å². The van der Waals surface area contributed by atoms with Gasteiger partial charge in [-0.1, -0.05) is 31.2 Å². The van der Waals surface area contributed by atoms with E-state index in [0.717, 1.165) is 17.5 Å². The molecule has 7 nitrogen and oxygen atoms in total. The number of benzene rings is 2. The Hall–Kier alpha value is -4.52. The Morgan fingerprint density at radius 1 is 0.765 bits per heavy atom. The summed E-state index contributed by atoms with van der Waals surface area (Å²) < 4.78 is 5.79. The fraction of sp³-hybridized carbons (Fsp3) is 0.111. The van der Waals surface area contributed by atoms with Crippen molar-refractivity contribution in [3.05, 3.63) is 102 Å². The van der Waals surface area contributed by atoms with Gasteiger partial charge in [-0.25, -0.2) is 0 Å². The van der Waals surface area contributed by atoms with Gasteiger partial charge in [0.25, 0.3) is 11.8 Å². The molecule has 0 bridgehead atoms. The molecular formula is C27H24N4O3. The largest absolute Gasteiger partial charge is 0.457 e. The van der Waals surface area contributed by atoms with E-state index >= 15 is 0 Å². The van der Waals surface area contributed by atoms with Crippen LogP contribution in [0.2, 0.25) is 0 Å². The quantitative estimate of drug-likeness (QED) is 0.406. The lowest BCUT2D eigenvalue weighted by atomic mass is 10.0. The topological polar surface area (TPSA) is 93.2 Å². The number of hydrogen-bond donors (Lipinski definition) is 2. The Morgan fingerprint density at radius 3 is 2.12 bits per heavy atom. The number of carbonyl (C=O) groups is 2. The molecule has 0 atom stereocenters. The Balaban J connectivity index is 1.42. The van der Waals surface area contributed by atoms with Crippen LogP contribution in [0.1, 0.15) is 33.5 Å². The zero-order valence-corrected chi connectivity index (χ0v) is 18.9. The Bertz CT molecular complexity index is 1300. The Labute approximate surface area is 197 Å². The molecule has 0 aliphatic carbocycles. The van der Waals surface area contributed by atoms with Crippen molar-refractivity contribution in [1.29, 1.82) is 0 Å². The van der Waals surface area contributed by atoms with E-state index in [4.69, 9.17) is 4.74 Å². The molecule has 0 aliphatic heterocycles. The third-order valence-corrected chi connectivity index (χ3v) is 5.23. The lowest BCUT2D eigenvalue weighted by molar-refractivity contribution is 0.0957. The van der Waals surface area contributed by atoms with Crippen LogP contribution in [-0.2, 0) is 6.42 Å². The lowest BCUT2D eigenvalue weighted by Gasteiger charge is -2.09. The summed E-state index contributed by atoms with van der Waals surface area (Å²) in [5.74, 6) is 0.449.